The summed E-state index contributed by atoms with van der Waals surface area (Å²) in [5.41, 5.74) is 6.52. The topological polar surface area (TPSA) is 49.9 Å². The number of aryl methyl sites for hydroxylation is 1. The third-order valence-electron chi connectivity index (χ3n) is 1.42. The van der Waals surface area contributed by atoms with Crippen molar-refractivity contribution in [1.29, 1.82) is 5.41 Å². The van der Waals surface area contributed by atoms with Crippen LogP contribution in [0.3, 0.4) is 0 Å². The second-order valence-electron chi connectivity index (χ2n) is 2.62. The molecule has 0 saturated heterocycles. The SMILES string of the molecule is Cc1ccc(SC(=N)SC(N)=S)cc1. The molecule has 0 heterocycles. The summed E-state index contributed by atoms with van der Waals surface area (Å²) in [5.74, 6) is 0. The Hall–Kier alpha value is -0.520. The number of rotatable bonds is 1. The third kappa shape index (κ3) is 4.13. The number of nitrogens with two attached hydrogens (primary N) is 1. The molecular weight excluding hydrogens is 232 g/mol. The van der Waals surface area contributed by atoms with E-state index < -0.39 is 0 Å². The van der Waals surface area contributed by atoms with Crippen LogP contribution >= 0.6 is 35.7 Å². The summed E-state index contributed by atoms with van der Waals surface area (Å²) < 4.78 is 0.691. The van der Waals surface area contributed by atoms with E-state index in [4.69, 9.17) is 23.4 Å². The fourth-order valence-corrected chi connectivity index (χ4v) is 2.63. The summed E-state index contributed by atoms with van der Waals surface area (Å²) in [4.78, 5) is 1.03. The van der Waals surface area contributed by atoms with Gasteiger partial charge >= 0.3 is 0 Å². The molecule has 0 saturated carbocycles. The van der Waals surface area contributed by atoms with E-state index in [0.717, 1.165) is 16.7 Å². The van der Waals surface area contributed by atoms with Gasteiger partial charge in [0.05, 0.1) is 0 Å². The van der Waals surface area contributed by atoms with E-state index in [1.807, 2.05) is 31.2 Å². The third-order valence-corrected chi connectivity index (χ3v) is 3.25. The van der Waals surface area contributed by atoms with E-state index in [-0.39, 0.29) is 4.32 Å². The molecule has 74 valence electrons. The van der Waals surface area contributed by atoms with E-state index in [0.29, 0.717) is 4.38 Å². The van der Waals surface area contributed by atoms with Crippen molar-refractivity contribution >= 4 is 44.4 Å². The van der Waals surface area contributed by atoms with Gasteiger partial charge in [-0.05, 0) is 30.8 Å². The Kier molecular flexibility index (Phi) is 4.44. The van der Waals surface area contributed by atoms with Crippen LogP contribution in [0.2, 0.25) is 0 Å². The molecule has 0 atom stereocenters. The maximum Gasteiger partial charge on any atom is 0.137 e. The zero-order chi connectivity index (χ0) is 10.6. The summed E-state index contributed by atoms with van der Waals surface area (Å²) in [6.07, 6.45) is 0. The first-order chi connectivity index (χ1) is 6.58. The molecule has 14 heavy (non-hydrogen) atoms. The Labute approximate surface area is 97.2 Å². The zero-order valence-electron chi connectivity index (χ0n) is 7.61. The summed E-state index contributed by atoms with van der Waals surface area (Å²) in [6, 6.07) is 7.99. The van der Waals surface area contributed by atoms with Crippen molar-refractivity contribution in [1.82, 2.24) is 0 Å². The number of nitrogens with one attached hydrogen (secondary N) is 1. The minimum Gasteiger partial charge on any atom is -0.384 e. The van der Waals surface area contributed by atoms with Gasteiger partial charge in [-0.3, -0.25) is 5.41 Å². The smallest absolute Gasteiger partial charge is 0.137 e. The number of hydrogen-bond acceptors (Lipinski definition) is 4. The highest BCUT2D eigenvalue weighted by Crippen LogP contribution is 2.24. The molecule has 0 unspecified atom stereocenters. The zero-order valence-corrected chi connectivity index (χ0v) is 10.1. The molecule has 1 aromatic rings. The molecule has 0 fully saturated rings. The van der Waals surface area contributed by atoms with Crippen molar-refractivity contribution in [2.45, 2.75) is 11.8 Å². The monoisotopic (exact) mass is 242 g/mol. The van der Waals surface area contributed by atoms with Crippen molar-refractivity contribution in [3.63, 3.8) is 0 Å². The van der Waals surface area contributed by atoms with E-state index in [1.54, 1.807) is 0 Å². The quantitative estimate of drug-likeness (QED) is 0.344. The van der Waals surface area contributed by atoms with Gasteiger partial charge in [-0.2, -0.15) is 0 Å². The lowest BCUT2D eigenvalue weighted by Gasteiger charge is -2.01. The maximum atomic E-state index is 7.57. The van der Waals surface area contributed by atoms with E-state index in [2.05, 4.69) is 0 Å². The summed E-state index contributed by atoms with van der Waals surface area (Å²) in [7, 11) is 0. The van der Waals surface area contributed by atoms with Gasteiger partial charge in [-0.1, -0.05) is 41.7 Å². The van der Waals surface area contributed by atoms with Crippen LogP contribution < -0.4 is 5.73 Å². The van der Waals surface area contributed by atoms with Crippen LogP contribution in [0, 0.1) is 12.3 Å². The average Bonchev–Trinajstić information content (AvgIpc) is 2.07. The van der Waals surface area contributed by atoms with E-state index >= 15 is 0 Å². The molecule has 0 spiro atoms. The number of thiocarbonyl (C=S) groups is 1. The molecule has 3 N–H and O–H groups in total. The minimum atomic E-state index is 0.287. The molecule has 1 aromatic carbocycles. The molecule has 0 aliphatic heterocycles. The predicted octanol–water partition coefficient (Wildman–Crippen LogP) is 3.00. The second-order valence-corrected chi connectivity index (χ2v) is 5.72. The van der Waals surface area contributed by atoms with Crippen LogP contribution in [0.1, 0.15) is 5.56 Å². The normalized spacial score (nSPS) is 9.79. The Balaban J connectivity index is 2.56. The molecule has 0 radical (unpaired) electrons. The molecular formula is C9H10N2S3. The van der Waals surface area contributed by atoms with Crippen molar-refractivity contribution < 1.29 is 0 Å². The van der Waals surface area contributed by atoms with Crippen LogP contribution in [0.5, 0.6) is 0 Å². The fraction of sp³-hybridized carbons (Fsp3) is 0.111. The van der Waals surface area contributed by atoms with Gasteiger partial charge in [0.1, 0.15) is 8.70 Å². The van der Waals surface area contributed by atoms with Crippen LogP contribution in [0.4, 0.5) is 0 Å². The van der Waals surface area contributed by atoms with E-state index in [9.17, 15) is 0 Å². The van der Waals surface area contributed by atoms with Gasteiger partial charge in [0.2, 0.25) is 0 Å². The number of thioether (sulfide) groups is 2. The molecule has 0 amide bonds. The van der Waals surface area contributed by atoms with Gasteiger partial charge in [-0.15, -0.1) is 0 Å². The Morgan fingerprint density at radius 2 is 1.93 bits per heavy atom. The summed E-state index contributed by atoms with van der Waals surface area (Å²) in [6.45, 7) is 2.03. The standard InChI is InChI=1S/C9H10N2S3/c1-6-2-4-7(5-3-6)13-9(11)14-8(10)12/h2-5,11H,1H3,(H2,10,12). The van der Waals surface area contributed by atoms with Gasteiger partial charge in [0, 0.05) is 4.90 Å². The molecule has 0 aromatic heterocycles. The highest BCUT2D eigenvalue weighted by molar-refractivity contribution is 8.47. The van der Waals surface area contributed by atoms with Crippen LogP contribution in [-0.2, 0) is 0 Å². The van der Waals surface area contributed by atoms with E-state index in [1.165, 1.54) is 17.3 Å². The van der Waals surface area contributed by atoms with Gasteiger partial charge in [0.15, 0.2) is 0 Å². The lowest BCUT2D eigenvalue weighted by atomic mass is 10.2. The first-order valence-corrected chi connectivity index (χ1v) is 5.92. The van der Waals surface area contributed by atoms with Gasteiger partial charge < -0.3 is 5.73 Å². The highest BCUT2D eigenvalue weighted by atomic mass is 32.2. The predicted molar refractivity (Wildman–Crippen MR) is 69.1 cm³/mol. The first-order valence-electron chi connectivity index (χ1n) is 3.88. The molecule has 1 rings (SSSR count). The lowest BCUT2D eigenvalue weighted by molar-refractivity contribution is 1.38. The Bertz CT molecular complexity index is 346. The lowest BCUT2D eigenvalue weighted by Crippen LogP contribution is -2.03. The summed E-state index contributed by atoms with van der Waals surface area (Å²) >= 11 is 7.16. The molecule has 0 aliphatic rings. The van der Waals surface area contributed by atoms with Crippen molar-refractivity contribution in [3.8, 4) is 0 Å². The minimum absolute atomic E-state index is 0.287. The molecule has 5 heteroatoms. The van der Waals surface area contributed by atoms with Crippen LogP contribution in [-0.4, -0.2) is 8.70 Å². The number of benzene rings is 1. The Morgan fingerprint density at radius 3 is 2.43 bits per heavy atom. The van der Waals surface area contributed by atoms with Crippen molar-refractivity contribution in [2.75, 3.05) is 0 Å². The molecule has 0 aliphatic carbocycles. The van der Waals surface area contributed by atoms with Crippen LogP contribution in [0.25, 0.3) is 0 Å². The second kappa shape index (κ2) is 5.38. The maximum absolute atomic E-state index is 7.57. The average molecular weight is 242 g/mol. The molecule has 0 bridgehead atoms. The van der Waals surface area contributed by atoms with Gasteiger partial charge in [-0.25, -0.2) is 0 Å². The Morgan fingerprint density at radius 1 is 1.36 bits per heavy atom. The number of hydrogen-bond donors (Lipinski definition) is 2. The first kappa shape index (κ1) is 11.6. The fourth-order valence-electron chi connectivity index (χ4n) is 0.826. The van der Waals surface area contributed by atoms with Crippen molar-refractivity contribution in [3.05, 3.63) is 29.8 Å². The van der Waals surface area contributed by atoms with Crippen LogP contribution in [0.15, 0.2) is 29.2 Å². The largest absolute Gasteiger partial charge is 0.384 e. The highest BCUT2D eigenvalue weighted by Gasteiger charge is 2.02. The van der Waals surface area contributed by atoms with Crippen molar-refractivity contribution in [2.24, 2.45) is 5.73 Å². The molecule has 2 nitrogen and oxygen atoms in total. The summed E-state index contributed by atoms with van der Waals surface area (Å²) in [5, 5.41) is 7.57. The van der Waals surface area contributed by atoms with Gasteiger partial charge in [0.25, 0.3) is 0 Å².